The van der Waals surface area contributed by atoms with Gasteiger partial charge >= 0.3 is 12.4 Å². The van der Waals surface area contributed by atoms with Crippen LogP contribution in [0.15, 0.2) is 146 Å². The third-order valence-electron chi connectivity index (χ3n) is 10.7. The van der Waals surface area contributed by atoms with E-state index < -0.39 is 35.3 Å². The minimum atomic E-state index is -4.77. The highest BCUT2D eigenvalue weighted by Gasteiger charge is 2.41. The zero-order valence-corrected chi connectivity index (χ0v) is 30.8. The Hall–Kier alpha value is -6.94. The monoisotopic (exact) mass is 780 g/mol. The fourth-order valence-electron chi connectivity index (χ4n) is 8.27. The van der Waals surface area contributed by atoms with E-state index in [-0.39, 0.29) is 49.8 Å². The second kappa shape index (κ2) is 13.3. The van der Waals surface area contributed by atoms with Crippen molar-refractivity contribution in [3.05, 3.63) is 179 Å². The van der Waals surface area contributed by atoms with Gasteiger partial charge in [0, 0.05) is 16.3 Å². The molecule has 0 spiro atoms. The summed E-state index contributed by atoms with van der Waals surface area (Å²) in [6.07, 6.45) is -9.53. The molecule has 0 bridgehead atoms. The molecular weight excluding hydrogens is 751 g/mol. The lowest BCUT2D eigenvalue weighted by molar-refractivity contribution is -0.137. The molecule has 4 nitrogen and oxygen atoms in total. The van der Waals surface area contributed by atoms with Crippen molar-refractivity contribution in [3.8, 4) is 39.1 Å². The number of aromatic nitrogens is 1. The van der Waals surface area contributed by atoms with E-state index in [1.807, 2.05) is 36.4 Å². The number of carbonyl (C=O) groups excluding carboxylic acids is 2. The van der Waals surface area contributed by atoms with Crippen LogP contribution in [-0.2, 0) is 12.4 Å². The van der Waals surface area contributed by atoms with Crippen molar-refractivity contribution in [3.63, 3.8) is 0 Å². The number of amides is 2. The topological polar surface area (TPSA) is 42.3 Å². The minimum Gasteiger partial charge on any atom is -0.308 e. The van der Waals surface area contributed by atoms with Gasteiger partial charge in [-0.15, -0.1) is 0 Å². The number of hydrogen-bond donors (Lipinski definition) is 0. The Bertz CT molecular complexity index is 2880. The van der Waals surface area contributed by atoms with Gasteiger partial charge < -0.3 is 4.57 Å². The van der Waals surface area contributed by atoms with E-state index in [1.54, 1.807) is 91.2 Å². The second-order valence-corrected chi connectivity index (χ2v) is 14.4. The molecule has 0 fully saturated rings. The van der Waals surface area contributed by atoms with Gasteiger partial charge in [-0.05, 0) is 84.1 Å². The summed E-state index contributed by atoms with van der Waals surface area (Å²) in [5.41, 5.74) is 1.70. The van der Waals surface area contributed by atoms with Crippen LogP contribution in [0.3, 0.4) is 0 Å². The van der Waals surface area contributed by atoms with Gasteiger partial charge in [0.1, 0.15) is 0 Å². The molecule has 9 rings (SSSR count). The minimum absolute atomic E-state index is 0.0441. The van der Waals surface area contributed by atoms with Gasteiger partial charge in [0.2, 0.25) is 0 Å². The third-order valence-corrected chi connectivity index (χ3v) is 10.7. The van der Waals surface area contributed by atoms with Crippen LogP contribution in [0, 0.1) is 13.8 Å². The molecule has 10 heteroatoms. The molecule has 0 radical (unpaired) electrons. The first kappa shape index (κ1) is 36.7. The zero-order valence-electron chi connectivity index (χ0n) is 30.8. The predicted molar refractivity (Wildman–Crippen MR) is 214 cm³/mol. The van der Waals surface area contributed by atoms with Crippen LogP contribution in [0.1, 0.15) is 43.0 Å². The number of imide groups is 1. The zero-order chi connectivity index (χ0) is 40.7. The molecule has 2 amide bonds. The lowest BCUT2D eigenvalue weighted by atomic mass is 9.90. The van der Waals surface area contributed by atoms with Crippen LogP contribution in [0.4, 0.5) is 32.0 Å². The number of alkyl halides is 6. The molecule has 0 aliphatic carbocycles. The number of para-hydroxylation sites is 1. The van der Waals surface area contributed by atoms with E-state index in [9.17, 15) is 35.9 Å². The number of aryl methyl sites for hydroxylation is 2. The summed E-state index contributed by atoms with van der Waals surface area (Å²) < 4.78 is 90.5. The van der Waals surface area contributed by atoms with E-state index in [0.717, 1.165) is 22.6 Å². The first-order valence-electron chi connectivity index (χ1n) is 18.3. The lowest BCUT2D eigenvalue weighted by Gasteiger charge is -2.19. The Morgan fingerprint density at radius 2 is 0.897 bits per heavy atom. The largest absolute Gasteiger partial charge is 0.417 e. The molecular formula is C48H30F6N2O2. The highest BCUT2D eigenvalue weighted by molar-refractivity contribution is 6.36. The molecule has 0 saturated heterocycles. The Morgan fingerprint density at radius 1 is 0.431 bits per heavy atom. The van der Waals surface area contributed by atoms with Crippen molar-refractivity contribution >= 4 is 39.3 Å². The van der Waals surface area contributed by atoms with Crippen molar-refractivity contribution in [2.75, 3.05) is 4.90 Å². The van der Waals surface area contributed by atoms with Crippen molar-refractivity contribution in [2.45, 2.75) is 26.2 Å². The molecule has 0 unspecified atom stereocenters. The highest BCUT2D eigenvalue weighted by atomic mass is 19.4. The average molecular weight is 781 g/mol. The first-order chi connectivity index (χ1) is 27.7. The molecule has 58 heavy (non-hydrogen) atoms. The van der Waals surface area contributed by atoms with Crippen LogP contribution in [-0.4, -0.2) is 16.4 Å². The highest BCUT2D eigenvalue weighted by Crippen LogP contribution is 2.49. The number of carbonyl (C=O) groups is 2. The van der Waals surface area contributed by atoms with Crippen LogP contribution in [0.2, 0.25) is 0 Å². The fourth-order valence-corrected chi connectivity index (χ4v) is 8.27. The molecule has 8 aromatic rings. The fraction of sp³-hybridized carbons (Fsp3) is 0.0833. The number of benzene rings is 7. The quantitative estimate of drug-likeness (QED) is 0.129. The summed E-state index contributed by atoms with van der Waals surface area (Å²) in [5, 5.41) is 0.494. The van der Waals surface area contributed by atoms with E-state index in [0.29, 0.717) is 33.4 Å². The number of halogens is 6. The molecule has 0 N–H and O–H groups in total. The van der Waals surface area contributed by atoms with Gasteiger partial charge in [0.05, 0.1) is 44.7 Å². The third kappa shape index (κ3) is 5.78. The number of rotatable bonds is 5. The predicted octanol–water partition coefficient (Wildman–Crippen LogP) is 13.2. The summed E-state index contributed by atoms with van der Waals surface area (Å²) in [4.78, 5) is 30.2. The van der Waals surface area contributed by atoms with E-state index in [4.69, 9.17) is 0 Å². The maximum atomic E-state index is 14.8. The summed E-state index contributed by atoms with van der Waals surface area (Å²) in [6.45, 7) is 3.10. The number of fused-ring (bicyclic) bond motifs is 4. The Balaban J connectivity index is 1.37. The number of hydrogen-bond acceptors (Lipinski definition) is 2. The Labute approximate surface area is 328 Å². The molecule has 0 atom stereocenters. The van der Waals surface area contributed by atoms with Gasteiger partial charge in [0.25, 0.3) is 11.8 Å². The maximum absolute atomic E-state index is 14.8. The second-order valence-electron chi connectivity index (χ2n) is 14.4. The smallest absolute Gasteiger partial charge is 0.308 e. The van der Waals surface area contributed by atoms with E-state index in [2.05, 4.69) is 0 Å². The summed E-state index contributed by atoms with van der Waals surface area (Å²) >= 11 is 0. The molecule has 2 heterocycles. The van der Waals surface area contributed by atoms with Crippen molar-refractivity contribution in [2.24, 2.45) is 0 Å². The maximum Gasteiger partial charge on any atom is 0.417 e. The van der Waals surface area contributed by atoms with Crippen molar-refractivity contribution < 1.29 is 35.9 Å². The average Bonchev–Trinajstić information content (AvgIpc) is 3.68. The van der Waals surface area contributed by atoms with Gasteiger partial charge in [-0.1, -0.05) is 114 Å². The number of nitrogens with zero attached hydrogens (tertiary/aromatic N) is 2. The molecule has 286 valence electrons. The standard InChI is InChI=1S/C48H30F6N2O2/c1-27-21-23-31(36(25-27)47(49,50)51)33-14-8-18-39-42(33)43-34(32-24-22-28(2)26-37(32)48(52,53)54)15-9-19-40(43)55(39)41-20-10-16-35-44(41)46(58)56(45(35)57)38-17-7-6-13-30(38)29-11-4-3-5-12-29/h3-26H,1-2H3. The SMILES string of the molecule is Cc1ccc(-c2cccc3c2c2c(-c4ccc(C)cc4C(F)(F)F)cccc2n3-c2cccc3c2C(=O)N(c2ccccc2-c2ccccc2)C3=O)c(C(F)(F)F)c1. The van der Waals surface area contributed by atoms with Gasteiger partial charge in [-0.3, -0.25) is 9.59 Å². The van der Waals surface area contributed by atoms with Crippen molar-refractivity contribution in [1.29, 1.82) is 0 Å². The summed E-state index contributed by atoms with van der Waals surface area (Å²) in [6, 6.07) is 38.6. The van der Waals surface area contributed by atoms with E-state index >= 15 is 0 Å². The molecule has 7 aromatic carbocycles. The Morgan fingerprint density at radius 3 is 1.45 bits per heavy atom. The molecule has 1 aromatic heterocycles. The summed E-state index contributed by atoms with van der Waals surface area (Å²) in [7, 11) is 0. The summed E-state index contributed by atoms with van der Waals surface area (Å²) in [5.74, 6) is -1.20. The van der Waals surface area contributed by atoms with Gasteiger partial charge in [-0.2, -0.15) is 26.3 Å². The van der Waals surface area contributed by atoms with Gasteiger partial charge in [0.15, 0.2) is 0 Å². The van der Waals surface area contributed by atoms with Crippen LogP contribution >= 0.6 is 0 Å². The van der Waals surface area contributed by atoms with E-state index in [1.165, 1.54) is 24.3 Å². The Kier molecular flexibility index (Phi) is 8.43. The molecule has 0 saturated carbocycles. The van der Waals surface area contributed by atoms with Crippen LogP contribution in [0.5, 0.6) is 0 Å². The lowest BCUT2D eigenvalue weighted by Crippen LogP contribution is -2.30. The van der Waals surface area contributed by atoms with Crippen LogP contribution < -0.4 is 4.90 Å². The van der Waals surface area contributed by atoms with Crippen LogP contribution in [0.25, 0.3) is 60.9 Å². The molecule has 1 aliphatic rings. The molecule has 1 aliphatic heterocycles. The first-order valence-corrected chi connectivity index (χ1v) is 18.3. The number of anilines is 1. The normalized spacial score (nSPS) is 13.2. The van der Waals surface area contributed by atoms with Gasteiger partial charge in [-0.25, -0.2) is 4.90 Å². The van der Waals surface area contributed by atoms with Crippen molar-refractivity contribution in [1.82, 2.24) is 4.57 Å².